The molecule has 2 heterocycles. The van der Waals surface area contributed by atoms with Gasteiger partial charge in [0.1, 0.15) is 13.5 Å². The van der Waals surface area contributed by atoms with E-state index < -0.39 is 0 Å². The molecule has 0 saturated heterocycles. The summed E-state index contributed by atoms with van der Waals surface area (Å²) in [6.45, 7) is 2.09. The Hall–Kier alpha value is -2.44. The van der Waals surface area contributed by atoms with E-state index in [9.17, 15) is 10.2 Å². The molecule has 0 saturated carbocycles. The first kappa shape index (κ1) is 15.1. The van der Waals surface area contributed by atoms with Crippen LogP contribution in [0.3, 0.4) is 0 Å². The van der Waals surface area contributed by atoms with Crippen LogP contribution in [0.4, 0.5) is 11.4 Å². The van der Waals surface area contributed by atoms with Crippen molar-refractivity contribution in [3.63, 3.8) is 0 Å². The second-order valence-electron chi connectivity index (χ2n) is 6.18. The Morgan fingerprint density at radius 1 is 0.833 bits per heavy atom. The minimum Gasteiger partial charge on any atom is -0.376 e. The van der Waals surface area contributed by atoms with Gasteiger partial charge >= 0.3 is 0 Å². The Balaban J connectivity index is 1.59. The topological polar surface area (TPSA) is 53.4 Å². The lowest BCUT2D eigenvalue weighted by molar-refractivity contribution is 0.116. The van der Waals surface area contributed by atoms with Crippen molar-refractivity contribution in [1.29, 1.82) is 0 Å². The van der Waals surface area contributed by atoms with Crippen LogP contribution in [0.25, 0.3) is 0 Å². The quantitative estimate of drug-likeness (QED) is 0.873. The first-order valence-electron chi connectivity index (χ1n) is 8.18. The Bertz CT molecular complexity index is 713. The Labute approximate surface area is 141 Å². The summed E-state index contributed by atoms with van der Waals surface area (Å²) in [6, 6.07) is 8.14. The molecule has 1 aliphatic carbocycles. The fourth-order valence-electron chi connectivity index (χ4n) is 3.61. The number of para-hydroxylation sites is 2. The highest BCUT2D eigenvalue weighted by Gasteiger charge is 2.31. The molecule has 0 amide bonds. The van der Waals surface area contributed by atoms with Crippen LogP contribution < -0.4 is 9.80 Å². The number of hydrogen-bond acceptors (Lipinski definition) is 6. The summed E-state index contributed by atoms with van der Waals surface area (Å²) in [5.74, 6) is 0. The minimum atomic E-state index is 0.00798. The van der Waals surface area contributed by atoms with Gasteiger partial charge in [-0.3, -0.25) is 0 Å². The lowest BCUT2D eigenvalue weighted by Crippen LogP contribution is -2.40. The number of fused-ring (bicyclic) bond motifs is 1. The van der Waals surface area contributed by atoms with E-state index in [1.54, 1.807) is 0 Å². The fourth-order valence-corrected chi connectivity index (χ4v) is 3.61. The first-order chi connectivity index (χ1) is 11.8. The van der Waals surface area contributed by atoms with E-state index in [-0.39, 0.29) is 13.5 Å². The first-order valence-corrected chi connectivity index (χ1v) is 8.18. The van der Waals surface area contributed by atoms with Gasteiger partial charge in [0.2, 0.25) is 0 Å². The normalized spacial score (nSPS) is 19.2. The monoisotopic (exact) mass is 326 g/mol. The molecule has 4 rings (SSSR count). The molecule has 0 atom stereocenters. The highest BCUT2D eigenvalue weighted by Crippen LogP contribution is 2.37. The molecule has 6 nitrogen and oxygen atoms in total. The van der Waals surface area contributed by atoms with Gasteiger partial charge in [-0.05, 0) is 18.2 Å². The smallest absolute Gasteiger partial charge is 0.117 e. The number of allylic oxidation sites excluding steroid dienone is 4. The van der Waals surface area contributed by atoms with Crippen molar-refractivity contribution in [3.05, 3.63) is 60.0 Å². The average Bonchev–Trinajstić information content (AvgIpc) is 3.02. The van der Waals surface area contributed by atoms with Crippen LogP contribution in [0.2, 0.25) is 0 Å². The standard InChI is InChI=1S/C18H22N4O2/c23-13-21-11-19(15-6-2-1-3-7-17(15)21)10-20-12-22(14-24)18-9-5-4-8-16(18)20/h1-6,8-9,23-24H,7,10-14H2. The zero-order valence-corrected chi connectivity index (χ0v) is 13.5. The summed E-state index contributed by atoms with van der Waals surface area (Å²) in [5.41, 5.74) is 4.51. The van der Waals surface area contributed by atoms with Crippen LogP contribution >= 0.6 is 0 Å². The lowest BCUT2D eigenvalue weighted by atomic mass is 10.2. The summed E-state index contributed by atoms with van der Waals surface area (Å²) in [4.78, 5) is 8.48. The number of hydrogen-bond donors (Lipinski definition) is 2. The third-order valence-electron chi connectivity index (χ3n) is 4.76. The molecule has 0 radical (unpaired) electrons. The summed E-state index contributed by atoms with van der Waals surface area (Å²) in [6.07, 6.45) is 9.15. The Kier molecular flexibility index (Phi) is 3.92. The number of benzene rings is 1. The van der Waals surface area contributed by atoms with Gasteiger partial charge in [-0.2, -0.15) is 0 Å². The van der Waals surface area contributed by atoms with Crippen LogP contribution in [0, 0.1) is 0 Å². The number of anilines is 2. The van der Waals surface area contributed by atoms with Crippen LogP contribution in [0.15, 0.2) is 60.0 Å². The van der Waals surface area contributed by atoms with E-state index in [1.807, 2.05) is 40.2 Å². The molecule has 0 bridgehead atoms. The van der Waals surface area contributed by atoms with Crippen LogP contribution in [-0.4, -0.2) is 53.5 Å². The second kappa shape index (κ2) is 6.22. The zero-order chi connectivity index (χ0) is 16.5. The second-order valence-corrected chi connectivity index (χ2v) is 6.18. The Morgan fingerprint density at radius 3 is 2.29 bits per heavy atom. The molecule has 0 fully saturated rings. The maximum absolute atomic E-state index is 9.68. The molecular weight excluding hydrogens is 304 g/mol. The van der Waals surface area contributed by atoms with Crippen molar-refractivity contribution in [2.75, 3.05) is 43.3 Å². The summed E-state index contributed by atoms with van der Waals surface area (Å²) in [5, 5.41) is 19.3. The highest BCUT2D eigenvalue weighted by atomic mass is 16.3. The van der Waals surface area contributed by atoms with Gasteiger partial charge in [0.15, 0.2) is 0 Å². The molecule has 1 aromatic rings. The van der Waals surface area contributed by atoms with Gasteiger partial charge in [-0.25, -0.2) is 0 Å². The van der Waals surface area contributed by atoms with Crippen molar-refractivity contribution in [2.45, 2.75) is 6.42 Å². The predicted octanol–water partition coefficient (Wildman–Crippen LogP) is 1.43. The highest BCUT2D eigenvalue weighted by molar-refractivity contribution is 5.75. The van der Waals surface area contributed by atoms with E-state index in [1.165, 1.54) is 0 Å². The molecule has 1 aromatic carbocycles. The maximum atomic E-state index is 9.68. The van der Waals surface area contributed by atoms with E-state index in [2.05, 4.69) is 28.0 Å². The largest absolute Gasteiger partial charge is 0.376 e. The van der Waals surface area contributed by atoms with E-state index in [0.717, 1.165) is 29.2 Å². The molecule has 24 heavy (non-hydrogen) atoms. The lowest BCUT2D eigenvalue weighted by Gasteiger charge is -2.29. The number of rotatable bonds is 4. The van der Waals surface area contributed by atoms with Gasteiger partial charge in [-0.15, -0.1) is 0 Å². The van der Waals surface area contributed by atoms with Crippen molar-refractivity contribution >= 4 is 11.4 Å². The third-order valence-corrected chi connectivity index (χ3v) is 4.76. The van der Waals surface area contributed by atoms with E-state index >= 15 is 0 Å². The molecule has 3 aliphatic rings. The SMILES string of the molecule is OCN1CN(CN2CN(CO)c3ccccc32)C2=C1CC=CC=C2. The molecule has 6 heteroatoms. The summed E-state index contributed by atoms with van der Waals surface area (Å²) in [7, 11) is 0. The molecule has 2 N–H and O–H groups in total. The summed E-state index contributed by atoms with van der Waals surface area (Å²) >= 11 is 0. The Morgan fingerprint density at radius 2 is 1.54 bits per heavy atom. The number of nitrogens with zero attached hydrogens (tertiary/aromatic N) is 4. The number of aliphatic hydroxyl groups is 2. The zero-order valence-electron chi connectivity index (χ0n) is 13.5. The van der Waals surface area contributed by atoms with Crippen LogP contribution in [-0.2, 0) is 0 Å². The van der Waals surface area contributed by atoms with Crippen LogP contribution in [0.5, 0.6) is 0 Å². The van der Waals surface area contributed by atoms with Crippen molar-refractivity contribution < 1.29 is 10.2 Å². The maximum Gasteiger partial charge on any atom is 0.117 e. The predicted molar refractivity (Wildman–Crippen MR) is 93.8 cm³/mol. The van der Waals surface area contributed by atoms with Crippen molar-refractivity contribution in [1.82, 2.24) is 9.80 Å². The van der Waals surface area contributed by atoms with Gasteiger partial charge in [-0.1, -0.05) is 30.4 Å². The van der Waals surface area contributed by atoms with E-state index in [0.29, 0.717) is 20.0 Å². The van der Waals surface area contributed by atoms with E-state index in [4.69, 9.17) is 0 Å². The fraction of sp³-hybridized carbons (Fsp3) is 0.333. The number of aliphatic hydroxyl groups excluding tert-OH is 2. The van der Waals surface area contributed by atoms with Crippen LogP contribution in [0.1, 0.15) is 6.42 Å². The third kappa shape index (κ3) is 2.44. The van der Waals surface area contributed by atoms with Gasteiger partial charge < -0.3 is 29.8 Å². The molecular formula is C18H22N4O2. The minimum absolute atomic E-state index is 0.00798. The molecule has 0 aromatic heterocycles. The van der Waals surface area contributed by atoms with Gasteiger partial charge in [0.25, 0.3) is 0 Å². The van der Waals surface area contributed by atoms with Crippen molar-refractivity contribution in [2.24, 2.45) is 0 Å². The molecule has 0 spiro atoms. The van der Waals surface area contributed by atoms with Crippen molar-refractivity contribution in [3.8, 4) is 0 Å². The molecule has 126 valence electrons. The molecule has 2 aliphatic heterocycles. The average molecular weight is 326 g/mol. The van der Waals surface area contributed by atoms with Gasteiger partial charge in [0, 0.05) is 12.1 Å². The summed E-state index contributed by atoms with van der Waals surface area (Å²) < 4.78 is 0. The van der Waals surface area contributed by atoms with Gasteiger partial charge in [0.05, 0.1) is 37.1 Å². The molecule has 0 unspecified atom stereocenters.